The third-order valence-corrected chi connectivity index (χ3v) is 5.86. The van der Waals surface area contributed by atoms with E-state index in [1.54, 1.807) is 43.3 Å². The first-order valence-electron chi connectivity index (χ1n) is 5.28. The lowest BCUT2D eigenvalue weighted by molar-refractivity contribution is 0.475. The van der Waals surface area contributed by atoms with Crippen molar-refractivity contribution in [2.45, 2.75) is 16.7 Å². The molecule has 94 valence electrons. The van der Waals surface area contributed by atoms with Gasteiger partial charge in [-0.25, -0.2) is 8.42 Å². The van der Waals surface area contributed by atoms with Crippen LogP contribution in [0.15, 0.2) is 58.3 Å². The fourth-order valence-electron chi connectivity index (χ4n) is 1.51. The summed E-state index contributed by atoms with van der Waals surface area (Å²) in [6.45, 7) is 1.77. The van der Waals surface area contributed by atoms with Gasteiger partial charge in [-0.05, 0) is 42.8 Å². The molecule has 0 aromatic heterocycles. The second kappa shape index (κ2) is 5.04. The van der Waals surface area contributed by atoms with Crippen LogP contribution in [0.3, 0.4) is 0 Å². The lowest BCUT2D eigenvalue weighted by Gasteiger charge is -2.06. The average molecular weight is 280 g/mol. The molecular formula is C13H12O3S2. The normalized spacial score (nSPS) is 11.4. The summed E-state index contributed by atoms with van der Waals surface area (Å²) in [6.07, 6.45) is 0. The Hall–Kier alpha value is -1.46. The van der Waals surface area contributed by atoms with Crippen LogP contribution in [0.1, 0.15) is 5.56 Å². The summed E-state index contributed by atoms with van der Waals surface area (Å²) in [5.74, 6) is 0.118. The molecule has 0 aliphatic heterocycles. The van der Waals surface area contributed by atoms with E-state index in [2.05, 4.69) is 0 Å². The molecule has 0 heterocycles. The quantitative estimate of drug-likeness (QED) is 0.877. The van der Waals surface area contributed by atoms with Gasteiger partial charge in [0.05, 0.1) is 4.90 Å². The third-order valence-electron chi connectivity index (χ3n) is 2.41. The maximum Gasteiger partial charge on any atom is 0.234 e. The Balaban J connectivity index is 2.33. The fourth-order valence-corrected chi connectivity index (χ4v) is 4.73. The zero-order chi connectivity index (χ0) is 13.2. The smallest absolute Gasteiger partial charge is 0.234 e. The Kier molecular flexibility index (Phi) is 3.63. The van der Waals surface area contributed by atoms with Gasteiger partial charge in [-0.2, -0.15) is 0 Å². The molecule has 0 aliphatic carbocycles. The topological polar surface area (TPSA) is 54.4 Å². The van der Waals surface area contributed by atoms with E-state index in [9.17, 15) is 8.42 Å². The molecule has 0 saturated carbocycles. The Morgan fingerprint density at radius 1 is 1.00 bits per heavy atom. The number of aryl methyl sites for hydroxylation is 1. The number of benzene rings is 2. The monoisotopic (exact) mass is 280 g/mol. The highest BCUT2D eigenvalue weighted by Gasteiger charge is 2.18. The van der Waals surface area contributed by atoms with Crippen LogP contribution in [0.4, 0.5) is 0 Å². The summed E-state index contributed by atoms with van der Waals surface area (Å²) in [7, 11) is -2.64. The van der Waals surface area contributed by atoms with Crippen molar-refractivity contribution in [3.8, 4) is 5.75 Å². The van der Waals surface area contributed by atoms with Gasteiger partial charge in [0.2, 0.25) is 8.87 Å². The summed E-state index contributed by atoms with van der Waals surface area (Å²) in [4.78, 5) is 0.902. The van der Waals surface area contributed by atoms with Crippen molar-refractivity contribution in [1.82, 2.24) is 0 Å². The molecule has 0 bridgehead atoms. The minimum Gasteiger partial charge on any atom is -0.508 e. The van der Waals surface area contributed by atoms with Crippen molar-refractivity contribution in [2.24, 2.45) is 0 Å². The number of phenolic OH excluding ortho intramolecular Hbond substituents is 1. The van der Waals surface area contributed by atoms with E-state index in [4.69, 9.17) is 5.11 Å². The highest BCUT2D eigenvalue weighted by Crippen LogP contribution is 2.32. The number of phenols is 1. The number of rotatable bonds is 3. The second-order valence-electron chi connectivity index (χ2n) is 3.80. The summed E-state index contributed by atoms with van der Waals surface area (Å²) >= 11 is 0. The molecule has 0 radical (unpaired) electrons. The zero-order valence-corrected chi connectivity index (χ0v) is 11.3. The van der Waals surface area contributed by atoms with Crippen LogP contribution in [0.2, 0.25) is 0 Å². The van der Waals surface area contributed by atoms with Crippen molar-refractivity contribution >= 4 is 19.7 Å². The summed E-state index contributed by atoms with van der Waals surface area (Å²) in [5, 5.41) is 9.16. The molecule has 0 unspecified atom stereocenters. The maximum atomic E-state index is 12.2. The molecule has 1 N–H and O–H groups in total. The molecular weight excluding hydrogens is 268 g/mol. The summed E-state index contributed by atoms with van der Waals surface area (Å²) in [6, 6.07) is 13.0. The van der Waals surface area contributed by atoms with Crippen LogP contribution in [0.5, 0.6) is 5.75 Å². The van der Waals surface area contributed by atoms with Crippen LogP contribution in [0.25, 0.3) is 0 Å². The average Bonchev–Trinajstić information content (AvgIpc) is 2.32. The van der Waals surface area contributed by atoms with Crippen LogP contribution < -0.4 is 0 Å². The number of aromatic hydroxyl groups is 1. The van der Waals surface area contributed by atoms with Gasteiger partial charge in [0.15, 0.2) is 0 Å². The first-order valence-corrected chi connectivity index (χ1v) is 8.10. The van der Waals surface area contributed by atoms with Gasteiger partial charge in [-0.1, -0.05) is 18.2 Å². The van der Waals surface area contributed by atoms with Crippen molar-refractivity contribution < 1.29 is 13.5 Å². The molecule has 2 rings (SSSR count). The van der Waals surface area contributed by atoms with Crippen molar-refractivity contribution in [1.29, 1.82) is 0 Å². The molecule has 2 aromatic rings. The molecule has 0 spiro atoms. The van der Waals surface area contributed by atoms with Gasteiger partial charge < -0.3 is 5.11 Å². The lowest BCUT2D eigenvalue weighted by Crippen LogP contribution is -1.97. The van der Waals surface area contributed by atoms with Crippen LogP contribution in [-0.2, 0) is 8.87 Å². The molecule has 18 heavy (non-hydrogen) atoms. The molecule has 3 nitrogen and oxygen atoms in total. The Morgan fingerprint density at radius 2 is 1.61 bits per heavy atom. The van der Waals surface area contributed by atoms with Crippen LogP contribution in [-0.4, -0.2) is 13.5 Å². The second-order valence-corrected chi connectivity index (χ2v) is 7.60. The SMILES string of the molecule is Cc1ccccc1S(=O)(=O)Sc1ccc(O)cc1. The van der Waals surface area contributed by atoms with Gasteiger partial charge in [0.25, 0.3) is 0 Å². The summed E-state index contributed by atoms with van der Waals surface area (Å²) in [5.41, 5.74) is 0.726. The van der Waals surface area contributed by atoms with Crippen LogP contribution in [0, 0.1) is 6.92 Å². The molecule has 5 heteroatoms. The molecule has 2 aromatic carbocycles. The third kappa shape index (κ3) is 2.86. The van der Waals surface area contributed by atoms with E-state index in [0.717, 1.165) is 16.4 Å². The largest absolute Gasteiger partial charge is 0.508 e. The van der Waals surface area contributed by atoms with Crippen molar-refractivity contribution in [3.05, 3.63) is 54.1 Å². The van der Waals surface area contributed by atoms with E-state index in [1.165, 1.54) is 12.1 Å². The Bertz CT molecular complexity index is 646. The molecule has 0 fully saturated rings. The van der Waals surface area contributed by atoms with E-state index < -0.39 is 8.87 Å². The first-order chi connectivity index (χ1) is 8.49. The number of hydrogen-bond donors (Lipinski definition) is 1. The highest BCUT2D eigenvalue weighted by atomic mass is 33.1. The predicted molar refractivity (Wildman–Crippen MR) is 72.3 cm³/mol. The maximum absolute atomic E-state index is 12.2. The van der Waals surface area contributed by atoms with E-state index in [1.807, 2.05) is 0 Å². The summed E-state index contributed by atoms with van der Waals surface area (Å²) < 4.78 is 24.4. The van der Waals surface area contributed by atoms with Crippen LogP contribution >= 0.6 is 10.8 Å². The number of hydrogen-bond acceptors (Lipinski definition) is 4. The molecule has 0 atom stereocenters. The Labute approximate surface area is 110 Å². The fraction of sp³-hybridized carbons (Fsp3) is 0.0769. The van der Waals surface area contributed by atoms with Crippen molar-refractivity contribution in [3.63, 3.8) is 0 Å². The first kappa shape index (κ1) is 13.0. The minimum absolute atomic E-state index is 0.118. The Morgan fingerprint density at radius 3 is 2.22 bits per heavy atom. The standard InChI is InChI=1S/C13H12O3S2/c1-10-4-2-3-5-13(10)18(15,16)17-12-8-6-11(14)7-9-12/h2-9,14H,1H3. The predicted octanol–water partition coefficient (Wildman–Crippen LogP) is 3.18. The zero-order valence-electron chi connectivity index (χ0n) is 9.70. The molecule has 0 amide bonds. The van der Waals surface area contributed by atoms with Crippen molar-refractivity contribution in [2.75, 3.05) is 0 Å². The molecule has 0 aliphatic rings. The van der Waals surface area contributed by atoms with Gasteiger partial charge in [0.1, 0.15) is 5.75 Å². The van der Waals surface area contributed by atoms with Gasteiger partial charge in [0, 0.05) is 15.7 Å². The van der Waals surface area contributed by atoms with Gasteiger partial charge >= 0.3 is 0 Å². The molecule has 0 saturated heterocycles. The minimum atomic E-state index is -3.42. The highest BCUT2D eigenvalue weighted by molar-refractivity contribution is 8.72. The van der Waals surface area contributed by atoms with E-state index in [0.29, 0.717) is 9.79 Å². The van der Waals surface area contributed by atoms with E-state index in [-0.39, 0.29) is 5.75 Å². The van der Waals surface area contributed by atoms with Gasteiger partial charge in [-0.15, -0.1) is 0 Å². The van der Waals surface area contributed by atoms with Gasteiger partial charge in [-0.3, -0.25) is 0 Å². The van der Waals surface area contributed by atoms with E-state index >= 15 is 0 Å². The lowest BCUT2D eigenvalue weighted by atomic mass is 10.2.